The molecule has 0 amide bonds. The van der Waals surface area contributed by atoms with Gasteiger partial charge in [-0.05, 0) is 35.9 Å². The lowest BCUT2D eigenvalue weighted by Crippen LogP contribution is -2.36. The smallest absolute Gasteiger partial charge is 0.191 e. The van der Waals surface area contributed by atoms with Crippen LogP contribution < -0.4 is 15.4 Å². The molecule has 0 aliphatic carbocycles. The Bertz CT molecular complexity index is 735. The third-order valence-electron chi connectivity index (χ3n) is 3.35. The van der Waals surface area contributed by atoms with E-state index in [4.69, 9.17) is 4.74 Å². The van der Waals surface area contributed by atoms with Crippen molar-refractivity contribution in [3.8, 4) is 5.75 Å². The second kappa shape index (κ2) is 8.24. The molecule has 24 heavy (non-hydrogen) atoms. The van der Waals surface area contributed by atoms with Gasteiger partial charge in [0.1, 0.15) is 11.6 Å². The molecule has 0 aromatic heterocycles. The normalized spacial score (nSPS) is 11.3. The van der Waals surface area contributed by atoms with E-state index in [-0.39, 0.29) is 17.9 Å². The van der Waals surface area contributed by atoms with Crippen molar-refractivity contribution in [2.24, 2.45) is 4.99 Å². The zero-order valence-electron chi connectivity index (χ0n) is 13.4. The van der Waals surface area contributed by atoms with Gasteiger partial charge in [-0.25, -0.2) is 13.2 Å². The van der Waals surface area contributed by atoms with Crippen molar-refractivity contribution in [1.82, 2.24) is 10.6 Å². The zero-order valence-corrected chi connectivity index (χ0v) is 13.4. The summed E-state index contributed by atoms with van der Waals surface area (Å²) in [5.41, 5.74) is 0.877. The summed E-state index contributed by atoms with van der Waals surface area (Å²) >= 11 is 0. The highest BCUT2D eigenvalue weighted by Crippen LogP contribution is 2.17. The Morgan fingerprint density at radius 1 is 1.00 bits per heavy atom. The van der Waals surface area contributed by atoms with Crippen molar-refractivity contribution in [2.75, 3.05) is 14.2 Å². The number of nitrogens with one attached hydrogen (secondary N) is 2. The molecule has 2 aromatic rings. The Hall–Kier alpha value is -2.70. The monoisotopic (exact) mass is 337 g/mol. The first kappa shape index (κ1) is 17.7. The first-order valence-corrected chi connectivity index (χ1v) is 7.24. The fourth-order valence-corrected chi connectivity index (χ4v) is 2.08. The van der Waals surface area contributed by atoms with Gasteiger partial charge in [0.2, 0.25) is 0 Å². The van der Waals surface area contributed by atoms with Crippen molar-refractivity contribution < 1.29 is 17.9 Å². The van der Waals surface area contributed by atoms with Gasteiger partial charge in [-0.15, -0.1) is 0 Å². The minimum Gasteiger partial charge on any atom is -0.494 e. The highest BCUT2D eigenvalue weighted by atomic mass is 19.1. The van der Waals surface area contributed by atoms with E-state index in [1.165, 1.54) is 19.2 Å². The van der Waals surface area contributed by atoms with Crippen LogP contribution >= 0.6 is 0 Å². The number of guanidine groups is 1. The molecule has 0 bridgehead atoms. The van der Waals surface area contributed by atoms with E-state index < -0.39 is 17.5 Å². The molecule has 2 aromatic carbocycles. The molecule has 7 heteroatoms. The average molecular weight is 337 g/mol. The van der Waals surface area contributed by atoms with Crippen molar-refractivity contribution in [3.63, 3.8) is 0 Å². The number of nitrogens with zero attached hydrogens (tertiary/aromatic N) is 1. The number of aliphatic imine (C=N–C) groups is 1. The van der Waals surface area contributed by atoms with Crippen LogP contribution in [0.15, 0.2) is 41.4 Å². The van der Waals surface area contributed by atoms with Gasteiger partial charge in [0.15, 0.2) is 17.5 Å². The largest absolute Gasteiger partial charge is 0.494 e. The minimum absolute atomic E-state index is 0.0697. The Morgan fingerprint density at radius 2 is 1.75 bits per heavy atom. The second-order valence-corrected chi connectivity index (χ2v) is 4.98. The highest BCUT2D eigenvalue weighted by Gasteiger charge is 2.07. The van der Waals surface area contributed by atoms with Crippen LogP contribution in [0.4, 0.5) is 13.2 Å². The number of halogens is 3. The maximum Gasteiger partial charge on any atom is 0.191 e. The highest BCUT2D eigenvalue weighted by molar-refractivity contribution is 5.79. The zero-order chi connectivity index (χ0) is 17.5. The summed E-state index contributed by atoms with van der Waals surface area (Å²) in [6.07, 6.45) is 0. The molecule has 0 aliphatic heterocycles. The van der Waals surface area contributed by atoms with E-state index in [1.54, 1.807) is 13.1 Å². The molecule has 0 fully saturated rings. The summed E-state index contributed by atoms with van der Waals surface area (Å²) in [6.45, 7) is 0.381. The topological polar surface area (TPSA) is 45.7 Å². The lowest BCUT2D eigenvalue weighted by molar-refractivity contribution is 0.386. The first-order valence-electron chi connectivity index (χ1n) is 7.24. The molecule has 0 atom stereocenters. The maximum atomic E-state index is 13.6. The van der Waals surface area contributed by atoms with E-state index in [2.05, 4.69) is 15.6 Å². The average Bonchev–Trinajstić information content (AvgIpc) is 2.58. The molecular weight excluding hydrogens is 319 g/mol. The van der Waals surface area contributed by atoms with Gasteiger partial charge >= 0.3 is 0 Å². The SMILES string of the molecule is CN=C(NCc1ccc(OC)c(F)c1)NCc1cc(F)ccc1F. The predicted molar refractivity (Wildman–Crippen MR) is 86.3 cm³/mol. The van der Waals surface area contributed by atoms with Gasteiger partial charge in [0, 0.05) is 25.7 Å². The molecule has 2 N–H and O–H groups in total. The molecule has 0 heterocycles. The third kappa shape index (κ3) is 4.65. The van der Waals surface area contributed by atoms with Crippen LogP contribution in [0.2, 0.25) is 0 Å². The van der Waals surface area contributed by atoms with Crippen LogP contribution in [-0.4, -0.2) is 20.1 Å². The number of benzene rings is 2. The molecule has 0 spiro atoms. The molecule has 0 radical (unpaired) electrons. The van der Waals surface area contributed by atoms with E-state index in [0.29, 0.717) is 18.1 Å². The van der Waals surface area contributed by atoms with Crippen LogP contribution in [0.1, 0.15) is 11.1 Å². The molecule has 0 saturated heterocycles. The van der Waals surface area contributed by atoms with Crippen molar-refractivity contribution in [1.29, 1.82) is 0 Å². The number of methoxy groups -OCH3 is 1. The fourth-order valence-electron chi connectivity index (χ4n) is 2.08. The lowest BCUT2D eigenvalue weighted by Gasteiger charge is -2.13. The summed E-state index contributed by atoms with van der Waals surface area (Å²) in [7, 11) is 2.94. The summed E-state index contributed by atoms with van der Waals surface area (Å²) in [5.74, 6) is -0.916. The number of rotatable bonds is 5. The van der Waals surface area contributed by atoms with Crippen molar-refractivity contribution in [3.05, 3.63) is 65.0 Å². The summed E-state index contributed by atoms with van der Waals surface area (Å²) in [4.78, 5) is 3.99. The van der Waals surface area contributed by atoms with Crippen LogP contribution in [0.3, 0.4) is 0 Å². The van der Waals surface area contributed by atoms with Gasteiger partial charge in [-0.3, -0.25) is 4.99 Å². The molecule has 0 aliphatic rings. The number of ether oxygens (including phenoxy) is 1. The van der Waals surface area contributed by atoms with E-state index >= 15 is 0 Å². The van der Waals surface area contributed by atoms with Crippen LogP contribution in [0.25, 0.3) is 0 Å². The molecule has 2 rings (SSSR count). The second-order valence-electron chi connectivity index (χ2n) is 4.98. The molecule has 128 valence electrons. The summed E-state index contributed by atoms with van der Waals surface area (Å²) in [5, 5.41) is 5.84. The molecule has 0 unspecified atom stereocenters. The van der Waals surface area contributed by atoms with Crippen LogP contribution in [0.5, 0.6) is 5.75 Å². The van der Waals surface area contributed by atoms with Gasteiger partial charge in [0.05, 0.1) is 7.11 Å². The summed E-state index contributed by atoms with van der Waals surface area (Å²) < 4.78 is 45.2. The van der Waals surface area contributed by atoms with Gasteiger partial charge in [0.25, 0.3) is 0 Å². The maximum absolute atomic E-state index is 13.6. The van der Waals surface area contributed by atoms with Crippen LogP contribution in [-0.2, 0) is 13.1 Å². The Labute approximate surface area is 138 Å². The third-order valence-corrected chi connectivity index (χ3v) is 3.35. The van der Waals surface area contributed by atoms with E-state index in [1.807, 2.05) is 0 Å². The van der Waals surface area contributed by atoms with Crippen molar-refractivity contribution >= 4 is 5.96 Å². The van der Waals surface area contributed by atoms with E-state index in [9.17, 15) is 13.2 Å². The predicted octanol–water partition coefficient (Wildman–Crippen LogP) is 2.98. The number of hydrogen-bond acceptors (Lipinski definition) is 2. The van der Waals surface area contributed by atoms with Crippen LogP contribution in [0, 0.1) is 17.5 Å². The minimum atomic E-state index is -0.509. The molecule has 0 saturated carbocycles. The fraction of sp³-hybridized carbons (Fsp3) is 0.235. The molecule has 4 nitrogen and oxygen atoms in total. The molecular formula is C17H18F3N3O. The van der Waals surface area contributed by atoms with Gasteiger partial charge in [-0.1, -0.05) is 6.07 Å². The summed E-state index contributed by atoms with van der Waals surface area (Å²) in [6, 6.07) is 7.85. The first-order chi connectivity index (χ1) is 11.5. The van der Waals surface area contributed by atoms with Gasteiger partial charge in [-0.2, -0.15) is 0 Å². The lowest BCUT2D eigenvalue weighted by atomic mass is 10.2. The van der Waals surface area contributed by atoms with Gasteiger partial charge < -0.3 is 15.4 Å². The standard InChI is InChI=1S/C17H18F3N3O/c1-21-17(23-10-12-8-13(18)4-5-14(12)19)22-9-11-3-6-16(24-2)15(20)7-11/h3-8H,9-10H2,1-2H3,(H2,21,22,23). The Kier molecular flexibility index (Phi) is 6.06. The Balaban J connectivity index is 1.93. The number of hydrogen-bond donors (Lipinski definition) is 2. The Morgan fingerprint density at radius 3 is 2.42 bits per heavy atom. The quantitative estimate of drug-likeness (QED) is 0.651. The van der Waals surface area contributed by atoms with Crippen molar-refractivity contribution in [2.45, 2.75) is 13.1 Å². The van der Waals surface area contributed by atoms with E-state index in [0.717, 1.165) is 18.2 Å².